The predicted molar refractivity (Wildman–Crippen MR) is 53.4 cm³/mol. The number of ether oxygens (including phenoxy) is 1. The molecule has 0 radical (unpaired) electrons. The van der Waals surface area contributed by atoms with E-state index in [0.717, 1.165) is 17.0 Å². The molecule has 3 heteroatoms. The smallest absolute Gasteiger partial charge is 0.150 e. The van der Waals surface area contributed by atoms with Gasteiger partial charge in [-0.25, -0.2) is 4.39 Å². The first kappa shape index (κ1) is 9.06. The molecule has 1 N–H and O–H groups in total. The van der Waals surface area contributed by atoms with Crippen LogP contribution in [0.1, 0.15) is 17.0 Å². The fourth-order valence-electron chi connectivity index (χ4n) is 1.65. The standard InChI is InChI=1S/C11H12FNO/c1-7-5-8-6-9(12)11(14-2)4-3-10(8)13-7/h3-5,13H,6H2,1-2H3. The van der Waals surface area contributed by atoms with Gasteiger partial charge in [-0.2, -0.15) is 0 Å². The second-order valence-electron chi connectivity index (χ2n) is 3.37. The van der Waals surface area contributed by atoms with E-state index in [1.54, 1.807) is 6.08 Å². The molecule has 0 aromatic carbocycles. The van der Waals surface area contributed by atoms with Crippen LogP contribution in [0, 0.1) is 6.92 Å². The summed E-state index contributed by atoms with van der Waals surface area (Å²) in [5.74, 6) is 0.0914. The highest BCUT2D eigenvalue weighted by Crippen LogP contribution is 2.24. The van der Waals surface area contributed by atoms with Gasteiger partial charge in [-0.05, 0) is 30.7 Å². The maximum Gasteiger partial charge on any atom is 0.150 e. The quantitative estimate of drug-likeness (QED) is 0.728. The van der Waals surface area contributed by atoms with Gasteiger partial charge in [-0.15, -0.1) is 0 Å². The molecule has 0 amide bonds. The molecule has 14 heavy (non-hydrogen) atoms. The Labute approximate surface area is 82.1 Å². The molecule has 0 unspecified atom stereocenters. The fourth-order valence-corrected chi connectivity index (χ4v) is 1.65. The second kappa shape index (κ2) is 3.33. The van der Waals surface area contributed by atoms with E-state index in [0.29, 0.717) is 12.2 Å². The highest BCUT2D eigenvalue weighted by Gasteiger charge is 2.13. The van der Waals surface area contributed by atoms with Crippen LogP contribution in [0.4, 0.5) is 4.39 Å². The third kappa shape index (κ3) is 1.45. The molecule has 0 aliphatic heterocycles. The largest absolute Gasteiger partial charge is 0.494 e. The van der Waals surface area contributed by atoms with Crippen LogP contribution in [-0.2, 0) is 11.2 Å². The van der Waals surface area contributed by atoms with Crippen molar-refractivity contribution in [2.45, 2.75) is 13.3 Å². The average Bonchev–Trinajstić information content (AvgIpc) is 2.40. The number of fused-ring (bicyclic) bond motifs is 1. The van der Waals surface area contributed by atoms with Crippen molar-refractivity contribution >= 4 is 6.08 Å². The van der Waals surface area contributed by atoms with Crippen molar-refractivity contribution in [1.29, 1.82) is 0 Å². The SMILES string of the molecule is COC1=C(F)Cc2cc(C)[nH]c2C=C1. The van der Waals surface area contributed by atoms with Crippen molar-refractivity contribution < 1.29 is 9.13 Å². The first-order chi connectivity index (χ1) is 6.70. The normalized spacial score (nSPS) is 15.4. The molecule has 0 saturated carbocycles. The Hall–Kier alpha value is -1.51. The molecule has 74 valence electrons. The van der Waals surface area contributed by atoms with E-state index in [9.17, 15) is 4.39 Å². The van der Waals surface area contributed by atoms with Crippen molar-refractivity contribution in [3.05, 3.63) is 40.7 Å². The summed E-state index contributed by atoms with van der Waals surface area (Å²) in [5, 5.41) is 0. The number of rotatable bonds is 1. The lowest BCUT2D eigenvalue weighted by Gasteiger charge is -2.00. The summed E-state index contributed by atoms with van der Waals surface area (Å²) in [6.45, 7) is 1.96. The number of aromatic nitrogens is 1. The summed E-state index contributed by atoms with van der Waals surface area (Å²) in [7, 11) is 1.48. The van der Waals surface area contributed by atoms with Gasteiger partial charge in [0, 0.05) is 17.8 Å². The third-order valence-corrected chi connectivity index (χ3v) is 2.30. The summed E-state index contributed by atoms with van der Waals surface area (Å²) in [6, 6.07) is 1.96. The van der Waals surface area contributed by atoms with Crippen LogP contribution in [0.15, 0.2) is 23.7 Å². The Morgan fingerprint density at radius 3 is 2.93 bits per heavy atom. The number of H-pyrrole nitrogens is 1. The Morgan fingerprint density at radius 1 is 1.43 bits per heavy atom. The van der Waals surface area contributed by atoms with Gasteiger partial charge in [0.1, 0.15) is 5.83 Å². The van der Waals surface area contributed by atoms with Crippen molar-refractivity contribution in [2.24, 2.45) is 0 Å². The Bertz CT molecular complexity index is 415. The van der Waals surface area contributed by atoms with E-state index in [-0.39, 0.29) is 5.83 Å². The molecular weight excluding hydrogens is 181 g/mol. The van der Waals surface area contributed by atoms with E-state index < -0.39 is 0 Å². The Balaban J connectivity index is 2.43. The molecule has 0 atom stereocenters. The molecule has 0 bridgehead atoms. The van der Waals surface area contributed by atoms with Crippen LogP contribution in [0.2, 0.25) is 0 Å². The zero-order valence-corrected chi connectivity index (χ0v) is 8.23. The first-order valence-electron chi connectivity index (χ1n) is 4.50. The Kier molecular flexibility index (Phi) is 2.15. The molecule has 1 aromatic rings. The summed E-state index contributed by atoms with van der Waals surface area (Å²) in [5.41, 5.74) is 2.99. The molecule has 2 rings (SSSR count). The van der Waals surface area contributed by atoms with Gasteiger partial charge in [-0.3, -0.25) is 0 Å². The second-order valence-corrected chi connectivity index (χ2v) is 3.37. The highest BCUT2D eigenvalue weighted by atomic mass is 19.1. The summed E-state index contributed by atoms with van der Waals surface area (Å²) >= 11 is 0. The van der Waals surface area contributed by atoms with Gasteiger partial charge in [0.25, 0.3) is 0 Å². The fraction of sp³-hybridized carbons (Fsp3) is 0.273. The number of halogens is 1. The van der Waals surface area contributed by atoms with E-state index in [1.807, 2.05) is 19.1 Å². The molecule has 1 aliphatic rings. The van der Waals surface area contributed by atoms with Gasteiger partial charge in [0.05, 0.1) is 7.11 Å². The average molecular weight is 193 g/mol. The van der Waals surface area contributed by atoms with Crippen LogP contribution < -0.4 is 0 Å². The Morgan fingerprint density at radius 2 is 2.21 bits per heavy atom. The van der Waals surface area contributed by atoms with Crippen LogP contribution >= 0.6 is 0 Å². The number of allylic oxidation sites excluding steroid dienone is 2. The highest BCUT2D eigenvalue weighted by molar-refractivity contribution is 5.56. The molecule has 1 aliphatic carbocycles. The van der Waals surface area contributed by atoms with Crippen LogP contribution in [0.3, 0.4) is 0 Å². The topological polar surface area (TPSA) is 25.0 Å². The van der Waals surface area contributed by atoms with Crippen LogP contribution in [0.5, 0.6) is 0 Å². The lowest BCUT2D eigenvalue weighted by molar-refractivity contribution is 0.289. The van der Waals surface area contributed by atoms with Crippen molar-refractivity contribution in [3.63, 3.8) is 0 Å². The predicted octanol–water partition coefficient (Wildman–Crippen LogP) is 2.72. The zero-order valence-electron chi connectivity index (χ0n) is 8.23. The van der Waals surface area contributed by atoms with Crippen molar-refractivity contribution in [3.8, 4) is 0 Å². The summed E-state index contributed by atoms with van der Waals surface area (Å²) in [4.78, 5) is 3.17. The van der Waals surface area contributed by atoms with Crippen molar-refractivity contribution in [2.75, 3.05) is 7.11 Å². The van der Waals surface area contributed by atoms with Crippen LogP contribution in [0.25, 0.3) is 6.08 Å². The number of nitrogens with one attached hydrogen (secondary N) is 1. The first-order valence-corrected chi connectivity index (χ1v) is 4.50. The monoisotopic (exact) mass is 193 g/mol. The number of methoxy groups -OCH3 is 1. The number of hydrogen-bond donors (Lipinski definition) is 1. The van der Waals surface area contributed by atoms with Gasteiger partial charge >= 0.3 is 0 Å². The van der Waals surface area contributed by atoms with Gasteiger partial charge in [-0.1, -0.05) is 0 Å². The van der Waals surface area contributed by atoms with E-state index in [4.69, 9.17) is 4.74 Å². The number of aryl methyl sites for hydroxylation is 1. The lowest BCUT2D eigenvalue weighted by Crippen LogP contribution is -1.89. The lowest BCUT2D eigenvalue weighted by atomic mass is 10.2. The summed E-state index contributed by atoms with van der Waals surface area (Å²) in [6.07, 6.45) is 3.79. The molecule has 2 nitrogen and oxygen atoms in total. The molecule has 0 saturated heterocycles. The minimum Gasteiger partial charge on any atom is -0.494 e. The molecule has 0 fully saturated rings. The molecule has 1 aromatic heterocycles. The zero-order chi connectivity index (χ0) is 10.1. The molecular formula is C11H12FNO. The number of aromatic amines is 1. The van der Waals surface area contributed by atoms with Gasteiger partial charge < -0.3 is 9.72 Å². The minimum absolute atomic E-state index is 0.221. The van der Waals surface area contributed by atoms with Gasteiger partial charge in [0.2, 0.25) is 0 Å². The maximum atomic E-state index is 13.5. The van der Waals surface area contributed by atoms with Gasteiger partial charge in [0.15, 0.2) is 5.76 Å². The van der Waals surface area contributed by atoms with E-state index >= 15 is 0 Å². The van der Waals surface area contributed by atoms with Crippen LogP contribution in [-0.4, -0.2) is 12.1 Å². The molecule has 0 spiro atoms. The van der Waals surface area contributed by atoms with E-state index in [1.165, 1.54) is 7.11 Å². The summed E-state index contributed by atoms with van der Waals surface area (Å²) < 4.78 is 18.4. The van der Waals surface area contributed by atoms with Crippen molar-refractivity contribution in [1.82, 2.24) is 4.98 Å². The number of hydrogen-bond acceptors (Lipinski definition) is 1. The van der Waals surface area contributed by atoms with E-state index in [2.05, 4.69) is 4.98 Å². The third-order valence-electron chi connectivity index (χ3n) is 2.30. The molecule has 1 heterocycles. The maximum absolute atomic E-state index is 13.5. The minimum atomic E-state index is -0.221.